The molecule has 0 radical (unpaired) electrons. The number of rotatable bonds is 12. The minimum Gasteiger partial charge on any atom is -0.467 e. The van der Waals surface area contributed by atoms with Crippen LogP contribution in [0.15, 0.2) is 96.1 Å². The molecule has 4 aromatic rings. The van der Waals surface area contributed by atoms with E-state index in [2.05, 4.69) is 27.4 Å². The summed E-state index contributed by atoms with van der Waals surface area (Å²) < 4.78 is 5.20. The van der Waals surface area contributed by atoms with E-state index in [1.54, 1.807) is 6.21 Å². The molecule has 0 saturated carbocycles. The standard InChI is InChI=1S/C31H33N3O3/c1-37-30(36)31(22-25-12-6-3-7-13-25,34-29(35)17-16-24-10-4-2-5-11-24)19-21-32-20-18-26-23-33-28-15-9-8-14-27(26)28/h2-15,21,23,33H,16-20,22H2,1H3,(H,34,35). The van der Waals surface area contributed by atoms with Gasteiger partial charge in [0.2, 0.25) is 5.91 Å². The summed E-state index contributed by atoms with van der Waals surface area (Å²) in [5.41, 5.74) is 3.07. The summed E-state index contributed by atoms with van der Waals surface area (Å²) in [6.07, 6.45) is 5.94. The monoisotopic (exact) mass is 495 g/mol. The smallest absolute Gasteiger partial charge is 0.332 e. The molecule has 1 atom stereocenters. The molecule has 37 heavy (non-hydrogen) atoms. The summed E-state index contributed by atoms with van der Waals surface area (Å²) >= 11 is 0. The predicted molar refractivity (Wildman–Crippen MR) is 148 cm³/mol. The van der Waals surface area contributed by atoms with Crippen LogP contribution in [-0.2, 0) is 33.6 Å². The first-order valence-corrected chi connectivity index (χ1v) is 12.6. The molecule has 190 valence electrons. The zero-order valence-corrected chi connectivity index (χ0v) is 21.2. The molecule has 3 aromatic carbocycles. The summed E-state index contributed by atoms with van der Waals surface area (Å²) in [6, 6.07) is 27.7. The molecule has 0 aliphatic heterocycles. The first-order chi connectivity index (χ1) is 18.1. The molecular formula is C31H33N3O3. The molecule has 1 aromatic heterocycles. The number of amides is 1. The predicted octanol–water partition coefficient (Wildman–Crippen LogP) is 5.07. The number of nitrogens with zero attached hydrogens (tertiary/aromatic N) is 1. The molecule has 6 heteroatoms. The van der Waals surface area contributed by atoms with Crippen molar-refractivity contribution >= 4 is 29.0 Å². The molecule has 1 heterocycles. The Kier molecular flexibility index (Phi) is 8.87. The highest BCUT2D eigenvalue weighted by Crippen LogP contribution is 2.21. The minimum absolute atomic E-state index is 0.197. The number of nitrogens with one attached hydrogen (secondary N) is 2. The van der Waals surface area contributed by atoms with Gasteiger partial charge in [0, 0.05) is 49.1 Å². The number of benzene rings is 3. The van der Waals surface area contributed by atoms with Crippen molar-refractivity contribution in [3.63, 3.8) is 0 Å². The highest BCUT2D eigenvalue weighted by molar-refractivity contribution is 5.91. The number of aryl methyl sites for hydroxylation is 1. The van der Waals surface area contributed by atoms with Crippen molar-refractivity contribution in [3.8, 4) is 0 Å². The molecule has 1 unspecified atom stereocenters. The Bertz CT molecular complexity index is 1330. The van der Waals surface area contributed by atoms with Crippen LogP contribution in [0.25, 0.3) is 10.9 Å². The van der Waals surface area contributed by atoms with Gasteiger partial charge in [0.25, 0.3) is 0 Å². The van der Waals surface area contributed by atoms with Gasteiger partial charge in [-0.05, 0) is 35.6 Å². The number of aromatic amines is 1. The van der Waals surface area contributed by atoms with Crippen molar-refractivity contribution in [2.24, 2.45) is 4.99 Å². The number of hydrogen-bond acceptors (Lipinski definition) is 4. The number of esters is 1. The largest absolute Gasteiger partial charge is 0.467 e. The number of para-hydroxylation sites is 1. The first kappa shape index (κ1) is 25.9. The maximum Gasteiger partial charge on any atom is 0.332 e. The molecule has 0 aliphatic rings. The number of carbonyl (C=O) groups is 2. The highest BCUT2D eigenvalue weighted by atomic mass is 16.5. The van der Waals surface area contributed by atoms with Crippen LogP contribution < -0.4 is 5.32 Å². The zero-order chi connectivity index (χ0) is 25.9. The third-order valence-corrected chi connectivity index (χ3v) is 6.54. The molecule has 4 rings (SSSR count). The molecule has 0 spiro atoms. The zero-order valence-electron chi connectivity index (χ0n) is 21.2. The fraction of sp³-hybridized carbons (Fsp3) is 0.258. The van der Waals surface area contributed by atoms with Crippen LogP contribution in [0.2, 0.25) is 0 Å². The van der Waals surface area contributed by atoms with E-state index in [0.29, 0.717) is 19.4 Å². The van der Waals surface area contributed by atoms with E-state index < -0.39 is 11.5 Å². The van der Waals surface area contributed by atoms with Crippen molar-refractivity contribution < 1.29 is 14.3 Å². The van der Waals surface area contributed by atoms with Crippen LogP contribution >= 0.6 is 0 Å². The van der Waals surface area contributed by atoms with Crippen molar-refractivity contribution in [1.29, 1.82) is 0 Å². The van der Waals surface area contributed by atoms with Gasteiger partial charge in [0.1, 0.15) is 5.54 Å². The number of methoxy groups -OCH3 is 1. The lowest BCUT2D eigenvalue weighted by Gasteiger charge is -2.31. The van der Waals surface area contributed by atoms with Gasteiger partial charge >= 0.3 is 5.97 Å². The van der Waals surface area contributed by atoms with Crippen LogP contribution in [0.1, 0.15) is 29.5 Å². The van der Waals surface area contributed by atoms with Crippen molar-refractivity contribution in [2.75, 3.05) is 13.7 Å². The van der Waals surface area contributed by atoms with Crippen molar-refractivity contribution in [3.05, 3.63) is 108 Å². The number of aromatic nitrogens is 1. The molecule has 0 fully saturated rings. The summed E-state index contributed by atoms with van der Waals surface area (Å²) in [4.78, 5) is 34.1. The van der Waals surface area contributed by atoms with Crippen LogP contribution in [0.4, 0.5) is 0 Å². The minimum atomic E-state index is -1.24. The van der Waals surface area contributed by atoms with Crippen LogP contribution in [0, 0.1) is 0 Å². The van der Waals surface area contributed by atoms with Gasteiger partial charge in [-0.1, -0.05) is 78.9 Å². The van der Waals surface area contributed by atoms with Crippen LogP contribution in [0.5, 0.6) is 0 Å². The summed E-state index contributed by atoms with van der Waals surface area (Å²) in [5, 5.41) is 4.21. The molecule has 0 saturated heterocycles. The molecule has 6 nitrogen and oxygen atoms in total. The Morgan fingerprint density at radius 3 is 2.32 bits per heavy atom. The number of aliphatic imine (C=N–C) groups is 1. The van der Waals surface area contributed by atoms with Gasteiger partial charge in [-0.2, -0.15) is 0 Å². The topological polar surface area (TPSA) is 83.5 Å². The number of H-pyrrole nitrogens is 1. The van der Waals surface area contributed by atoms with E-state index in [4.69, 9.17) is 4.74 Å². The van der Waals surface area contributed by atoms with Gasteiger partial charge in [-0.15, -0.1) is 0 Å². The first-order valence-electron chi connectivity index (χ1n) is 12.6. The third-order valence-electron chi connectivity index (χ3n) is 6.54. The average molecular weight is 496 g/mol. The van der Waals surface area contributed by atoms with Gasteiger partial charge in [0.15, 0.2) is 0 Å². The average Bonchev–Trinajstić information content (AvgIpc) is 3.35. The lowest BCUT2D eigenvalue weighted by Crippen LogP contribution is -2.57. The van der Waals surface area contributed by atoms with E-state index >= 15 is 0 Å². The maximum absolute atomic E-state index is 13.1. The van der Waals surface area contributed by atoms with Gasteiger partial charge in [-0.25, -0.2) is 4.79 Å². The fourth-order valence-electron chi connectivity index (χ4n) is 4.58. The van der Waals surface area contributed by atoms with E-state index in [0.717, 1.165) is 23.1 Å². The Morgan fingerprint density at radius 2 is 1.59 bits per heavy atom. The quantitative estimate of drug-likeness (QED) is 0.213. The second-order valence-corrected chi connectivity index (χ2v) is 9.17. The normalized spacial score (nSPS) is 12.9. The summed E-state index contributed by atoms with van der Waals surface area (Å²) in [5.74, 6) is -0.676. The molecular weight excluding hydrogens is 462 g/mol. The van der Waals surface area contributed by atoms with E-state index in [1.165, 1.54) is 18.1 Å². The third kappa shape index (κ3) is 6.94. The molecule has 0 bridgehead atoms. The number of carbonyl (C=O) groups excluding carboxylic acids is 2. The second kappa shape index (κ2) is 12.7. The van der Waals surface area contributed by atoms with Gasteiger partial charge < -0.3 is 15.0 Å². The fourth-order valence-corrected chi connectivity index (χ4v) is 4.58. The van der Waals surface area contributed by atoms with Crippen LogP contribution in [-0.4, -0.2) is 42.3 Å². The van der Waals surface area contributed by atoms with Crippen molar-refractivity contribution in [1.82, 2.24) is 10.3 Å². The van der Waals surface area contributed by atoms with E-state index in [-0.39, 0.29) is 18.7 Å². The van der Waals surface area contributed by atoms with E-state index in [9.17, 15) is 9.59 Å². The summed E-state index contributed by atoms with van der Waals surface area (Å²) in [7, 11) is 1.35. The second-order valence-electron chi connectivity index (χ2n) is 9.17. The lowest BCUT2D eigenvalue weighted by atomic mass is 9.87. The van der Waals surface area contributed by atoms with Gasteiger partial charge in [0.05, 0.1) is 7.11 Å². The summed E-state index contributed by atoms with van der Waals surface area (Å²) in [6.45, 7) is 0.576. The Balaban J connectivity index is 1.47. The Morgan fingerprint density at radius 1 is 0.919 bits per heavy atom. The number of fused-ring (bicyclic) bond motifs is 1. The number of ether oxygens (including phenoxy) is 1. The maximum atomic E-state index is 13.1. The van der Waals surface area contributed by atoms with Crippen LogP contribution in [0.3, 0.4) is 0 Å². The molecule has 2 N–H and O–H groups in total. The Labute approximate surface area is 217 Å². The van der Waals surface area contributed by atoms with Crippen molar-refractivity contribution in [2.45, 2.75) is 37.6 Å². The highest BCUT2D eigenvalue weighted by Gasteiger charge is 2.40. The van der Waals surface area contributed by atoms with Gasteiger partial charge in [-0.3, -0.25) is 9.79 Å². The SMILES string of the molecule is COC(=O)C(CC=NCCc1c[nH]c2ccccc12)(Cc1ccccc1)NC(=O)CCc1ccccc1. The van der Waals surface area contributed by atoms with E-state index in [1.807, 2.05) is 79.0 Å². The molecule has 1 amide bonds. The Hall–Kier alpha value is -4.19. The number of hydrogen-bond donors (Lipinski definition) is 2. The lowest BCUT2D eigenvalue weighted by molar-refractivity contribution is -0.150. The molecule has 0 aliphatic carbocycles.